The lowest BCUT2D eigenvalue weighted by Gasteiger charge is -2.21. The van der Waals surface area contributed by atoms with Gasteiger partial charge in [-0.1, -0.05) is 23.7 Å². The molecule has 0 aliphatic heterocycles. The van der Waals surface area contributed by atoms with Crippen LogP contribution in [0.5, 0.6) is 0 Å². The van der Waals surface area contributed by atoms with E-state index in [2.05, 4.69) is 21.2 Å². The van der Waals surface area contributed by atoms with Crippen LogP contribution in [0.15, 0.2) is 34.8 Å². The number of hydrogen-bond donors (Lipinski definition) is 1. The molecule has 0 fully saturated rings. The molecule has 106 valence electrons. The molecule has 20 heavy (non-hydrogen) atoms. The van der Waals surface area contributed by atoms with Crippen molar-refractivity contribution in [1.29, 1.82) is 0 Å². The second-order valence-corrected chi connectivity index (χ2v) is 5.69. The van der Waals surface area contributed by atoms with E-state index in [0.29, 0.717) is 5.02 Å². The van der Waals surface area contributed by atoms with Crippen LogP contribution in [-0.4, -0.2) is 7.05 Å². The van der Waals surface area contributed by atoms with Crippen LogP contribution < -0.4 is 5.32 Å². The maximum Gasteiger partial charge on any atom is 0.145 e. The van der Waals surface area contributed by atoms with E-state index in [-0.39, 0.29) is 10.0 Å². The Kier molecular flexibility index (Phi) is 4.78. The van der Waals surface area contributed by atoms with Gasteiger partial charge in [0.05, 0.1) is 10.5 Å². The number of rotatable bonds is 3. The monoisotopic (exact) mass is 359 g/mol. The summed E-state index contributed by atoms with van der Waals surface area (Å²) in [7, 11) is 1.66. The lowest BCUT2D eigenvalue weighted by molar-refractivity contribution is 0.518. The van der Waals surface area contributed by atoms with Crippen molar-refractivity contribution in [2.45, 2.75) is 13.0 Å². The van der Waals surface area contributed by atoms with Gasteiger partial charge < -0.3 is 5.32 Å². The Morgan fingerprint density at radius 3 is 2.55 bits per heavy atom. The minimum atomic E-state index is -0.608. The summed E-state index contributed by atoms with van der Waals surface area (Å²) in [5, 5.41) is 3.52. The predicted octanol–water partition coefficient (Wildman–Crippen LogP) is 5.00. The molecule has 2 aromatic rings. The molecule has 1 unspecified atom stereocenters. The molecule has 0 spiro atoms. The van der Waals surface area contributed by atoms with Gasteiger partial charge in [0.15, 0.2) is 0 Å². The molecule has 0 aromatic heterocycles. The van der Waals surface area contributed by atoms with Crippen molar-refractivity contribution in [3.63, 3.8) is 0 Å². The minimum Gasteiger partial charge on any atom is -0.309 e. The predicted molar refractivity (Wildman–Crippen MR) is 81.1 cm³/mol. The van der Waals surface area contributed by atoms with Gasteiger partial charge in [-0.15, -0.1) is 0 Å². The number of hydrogen-bond acceptors (Lipinski definition) is 1. The standard InChI is InChI=1S/C15H13BrClF2N/c1-8-9(4-3-5-11(8)17)15(20-2)13-12(18)7-6-10(16)14(13)19/h3-7,15,20H,1-2H3. The van der Waals surface area contributed by atoms with E-state index in [0.717, 1.165) is 11.1 Å². The fourth-order valence-corrected chi connectivity index (χ4v) is 2.73. The normalized spacial score (nSPS) is 12.5. The highest BCUT2D eigenvalue weighted by molar-refractivity contribution is 9.10. The van der Waals surface area contributed by atoms with Gasteiger partial charge >= 0.3 is 0 Å². The van der Waals surface area contributed by atoms with E-state index in [4.69, 9.17) is 11.6 Å². The van der Waals surface area contributed by atoms with Crippen molar-refractivity contribution < 1.29 is 8.78 Å². The number of benzene rings is 2. The summed E-state index contributed by atoms with van der Waals surface area (Å²) in [5.41, 5.74) is 1.52. The van der Waals surface area contributed by atoms with Crippen molar-refractivity contribution in [2.75, 3.05) is 7.05 Å². The van der Waals surface area contributed by atoms with E-state index in [1.807, 2.05) is 13.0 Å². The van der Waals surface area contributed by atoms with E-state index >= 15 is 0 Å². The summed E-state index contributed by atoms with van der Waals surface area (Å²) >= 11 is 9.18. The first kappa shape index (κ1) is 15.4. The Morgan fingerprint density at radius 1 is 1.20 bits per heavy atom. The van der Waals surface area contributed by atoms with Crippen LogP contribution in [-0.2, 0) is 0 Å². The van der Waals surface area contributed by atoms with Gasteiger partial charge in [0.1, 0.15) is 11.6 Å². The third-order valence-electron chi connectivity index (χ3n) is 3.28. The molecule has 2 rings (SSSR count). The average molecular weight is 361 g/mol. The van der Waals surface area contributed by atoms with E-state index < -0.39 is 17.7 Å². The largest absolute Gasteiger partial charge is 0.309 e. The molecule has 1 N–H and O–H groups in total. The summed E-state index contributed by atoms with van der Waals surface area (Å²) in [6, 6.07) is 7.32. The van der Waals surface area contributed by atoms with Crippen LogP contribution in [0.4, 0.5) is 8.78 Å². The van der Waals surface area contributed by atoms with Crippen molar-refractivity contribution in [3.8, 4) is 0 Å². The molecule has 0 heterocycles. The van der Waals surface area contributed by atoms with Crippen molar-refractivity contribution in [3.05, 3.63) is 68.2 Å². The maximum absolute atomic E-state index is 14.3. The third kappa shape index (κ3) is 2.73. The summed E-state index contributed by atoms with van der Waals surface area (Å²) < 4.78 is 28.5. The summed E-state index contributed by atoms with van der Waals surface area (Å²) in [5.74, 6) is -1.20. The highest BCUT2D eigenvalue weighted by atomic mass is 79.9. The molecule has 0 amide bonds. The molecule has 0 bridgehead atoms. The fraction of sp³-hybridized carbons (Fsp3) is 0.200. The average Bonchev–Trinajstić information content (AvgIpc) is 2.43. The molecule has 0 aliphatic rings. The molecule has 2 aromatic carbocycles. The molecule has 0 aliphatic carbocycles. The molecular weight excluding hydrogens is 348 g/mol. The highest BCUT2D eigenvalue weighted by Crippen LogP contribution is 2.33. The molecule has 0 saturated carbocycles. The molecule has 1 atom stereocenters. The Morgan fingerprint density at radius 2 is 1.90 bits per heavy atom. The SMILES string of the molecule is CNC(c1cccc(Cl)c1C)c1c(F)ccc(Br)c1F. The van der Waals surface area contributed by atoms with Gasteiger partial charge in [0.2, 0.25) is 0 Å². The quantitative estimate of drug-likeness (QED) is 0.760. The first-order chi connectivity index (χ1) is 9.47. The highest BCUT2D eigenvalue weighted by Gasteiger charge is 2.24. The first-order valence-electron chi connectivity index (χ1n) is 6.03. The minimum absolute atomic E-state index is 0.0211. The zero-order valence-electron chi connectivity index (χ0n) is 11.0. The summed E-state index contributed by atoms with van der Waals surface area (Å²) in [4.78, 5) is 0. The molecule has 1 nitrogen and oxygen atoms in total. The lowest BCUT2D eigenvalue weighted by Crippen LogP contribution is -2.21. The number of halogens is 4. The van der Waals surface area contributed by atoms with E-state index in [1.54, 1.807) is 19.2 Å². The topological polar surface area (TPSA) is 12.0 Å². The van der Waals surface area contributed by atoms with Crippen LogP contribution >= 0.6 is 27.5 Å². The Balaban J connectivity index is 2.65. The van der Waals surface area contributed by atoms with E-state index in [9.17, 15) is 8.78 Å². The number of nitrogens with one attached hydrogen (secondary N) is 1. The lowest BCUT2D eigenvalue weighted by atomic mass is 9.94. The van der Waals surface area contributed by atoms with Gasteiger partial charge in [-0.2, -0.15) is 0 Å². The zero-order chi connectivity index (χ0) is 14.9. The van der Waals surface area contributed by atoms with Crippen molar-refractivity contribution >= 4 is 27.5 Å². The van der Waals surface area contributed by atoms with Crippen LogP contribution in [0.2, 0.25) is 5.02 Å². The third-order valence-corrected chi connectivity index (χ3v) is 4.30. The maximum atomic E-state index is 14.3. The summed E-state index contributed by atoms with van der Waals surface area (Å²) in [6.45, 7) is 1.83. The van der Waals surface area contributed by atoms with Gasteiger partial charge in [0, 0.05) is 10.6 Å². The Labute approximate surface area is 130 Å². The Bertz CT molecular complexity index is 646. The zero-order valence-corrected chi connectivity index (χ0v) is 13.3. The molecular formula is C15H13BrClF2N. The Hall–Kier alpha value is -0.970. The second kappa shape index (κ2) is 6.20. The smallest absolute Gasteiger partial charge is 0.145 e. The van der Waals surface area contributed by atoms with Crippen LogP contribution in [0, 0.1) is 18.6 Å². The molecule has 0 saturated heterocycles. The van der Waals surface area contributed by atoms with Crippen molar-refractivity contribution in [2.24, 2.45) is 0 Å². The second-order valence-electron chi connectivity index (χ2n) is 4.43. The van der Waals surface area contributed by atoms with Gasteiger partial charge in [0.25, 0.3) is 0 Å². The van der Waals surface area contributed by atoms with E-state index in [1.165, 1.54) is 12.1 Å². The van der Waals surface area contributed by atoms with Gasteiger partial charge in [-0.25, -0.2) is 8.78 Å². The van der Waals surface area contributed by atoms with Gasteiger partial charge in [-0.3, -0.25) is 0 Å². The van der Waals surface area contributed by atoms with Crippen molar-refractivity contribution in [1.82, 2.24) is 5.32 Å². The van der Waals surface area contributed by atoms with Crippen LogP contribution in [0.1, 0.15) is 22.7 Å². The first-order valence-corrected chi connectivity index (χ1v) is 7.20. The summed E-state index contributed by atoms with van der Waals surface area (Å²) in [6.07, 6.45) is 0. The molecule has 5 heteroatoms. The van der Waals surface area contributed by atoms with Crippen LogP contribution in [0.3, 0.4) is 0 Å². The van der Waals surface area contributed by atoms with Crippen LogP contribution in [0.25, 0.3) is 0 Å². The fourth-order valence-electron chi connectivity index (χ4n) is 2.20. The molecule has 0 radical (unpaired) electrons. The van der Waals surface area contributed by atoms with Gasteiger partial charge in [-0.05, 0) is 59.2 Å².